The van der Waals surface area contributed by atoms with Crippen LogP contribution in [-0.4, -0.2) is 17.7 Å². The molecule has 5 heteroatoms. The van der Waals surface area contributed by atoms with Crippen molar-refractivity contribution in [2.45, 2.75) is 45.8 Å². The summed E-state index contributed by atoms with van der Waals surface area (Å²) in [5.74, 6) is 0.216. The summed E-state index contributed by atoms with van der Waals surface area (Å²) in [6, 6.07) is 6.85. The van der Waals surface area contributed by atoms with Crippen molar-refractivity contribution in [2.24, 2.45) is 5.92 Å². The van der Waals surface area contributed by atoms with Gasteiger partial charge in [0.05, 0.1) is 5.92 Å². The predicted octanol–water partition coefficient (Wildman–Crippen LogP) is 3.07. The maximum atomic E-state index is 11.9. The number of fused-ring (bicyclic) bond motifs is 3. The summed E-state index contributed by atoms with van der Waals surface area (Å²) in [5.41, 5.74) is 0.226. The van der Waals surface area contributed by atoms with Crippen LogP contribution >= 0.6 is 0 Å². The summed E-state index contributed by atoms with van der Waals surface area (Å²) in [6.07, 6.45) is 0.203. The van der Waals surface area contributed by atoms with Crippen molar-refractivity contribution < 1.29 is 18.7 Å². The average molecular weight is 316 g/mol. The Balaban J connectivity index is 1.92. The van der Waals surface area contributed by atoms with Crippen LogP contribution in [0.5, 0.6) is 5.75 Å². The molecule has 2 heterocycles. The molecule has 1 aliphatic rings. The zero-order chi connectivity index (χ0) is 16.8. The minimum absolute atomic E-state index is 0.197. The minimum Gasteiger partial charge on any atom is -0.485 e. The number of esters is 1. The van der Waals surface area contributed by atoms with Crippen LogP contribution in [0, 0.1) is 5.92 Å². The van der Waals surface area contributed by atoms with Crippen LogP contribution in [0.15, 0.2) is 33.5 Å². The van der Waals surface area contributed by atoms with Crippen molar-refractivity contribution in [1.29, 1.82) is 0 Å². The van der Waals surface area contributed by atoms with Crippen LogP contribution in [0.1, 0.15) is 33.3 Å². The van der Waals surface area contributed by atoms with E-state index >= 15 is 0 Å². The van der Waals surface area contributed by atoms with E-state index in [4.69, 9.17) is 13.9 Å². The molecule has 0 saturated carbocycles. The Morgan fingerprint density at radius 1 is 1.26 bits per heavy atom. The van der Waals surface area contributed by atoms with Gasteiger partial charge in [0.2, 0.25) is 0 Å². The van der Waals surface area contributed by atoms with Crippen molar-refractivity contribution in [3.63, 3.8) is 0 Å². The van der Waals surface area contributed by atoms with Gasteiger partial charge in [-0.3, -0.25) is 4.79 Å². The second kappa shape index (κ2) is 5.41. The fourth-order valence-electron chi connectivity index (χ4n) is 2.69. The SMILES string of the molecule is CC(C)C(=O)OC(C)(C)[C@H]1Cc2c(ccc3ccc(=O)oc23)O1. The van der Waals surface area contributed by atoms with E-state index in [-0.39, 0.29) is 23.6 Å². The fourth-order valence-corrected chi connectivity index (χ4v) is 2.69. The molecule has 5 nitrogen and oxygen atoms in total. The maximum absolute atomic E-state index is 11.9. The highest BCUT2D eigenvalue weighted by atomic mass is 16.6. The van der Waals surface area contributed by atoms with E-state index in [1.165, 1.54) is 6.07 Å². The topological polar surface area (TPSA) is 65.7 Å². The van der Waals surface area contributed by atoms with Gasteiger partial charge in [-0.05, 0) is 32.0 Å². The van der Waals surface area contributed by atoms with Gasteiger partial charge in [-0.25, -0.2) is 4.79 Å². The van der Waals surface area contributed by atoms with E-state index in [0.29, 0.717) is 17.8 Å². The minimum atomic E-state index is -0.776. The van der Waals surface area contributed by atoms with Gasteiger partial charge in [-0.1, -0.05) is 13.8 Å². The van der Waals surface area contributed by atoms with E-state index in [9.17, 15) is 9.59 Å². The molecule has 0 fully saturated rings. The van der Waals surface area contributed by atoms with Gasteiger partial charge in [0.15, 0.2) is 0 Å². The summed E-state index contributed by atoms with van der Waals surface area (Å²) in [7, 11) is 0. The molecule has 0 bridgehead atoms. The Hall–Kier alpha value is -2.30. The molecule has 1 aliphatic heterocycles. The van der Waals surface area contributed by atoms with Gasteiger partial charge in [-0.15, -0.1) is 0 Å². The number of benzene rings is 1. The molecule has 0 spiro atoms. The molecular formula is C18H20O5. The van der Waals surface area contributed by atoms with Gasteiger partial charge >= 0.3 is 11.6 Å². The third kappa shape index (κ3) is 2.83. The van der Waals surface area contributed by atoms with Crippen molar-refractivity contribution in [1.82, 2.24) is 0 Å². The molecule has 0 unspecified atom stereocenters. The highest BCUT2D eigenvalue weighted by molar-refractivity contribution is 5.82. The van der Waals surface area contributed by atoms with Gasteiger partial charge in [0.1, 0.15) is 23.0 Å². The monoisotopic (exact) mass is 316 g/mol. The molecule has 0 N–H and O–H groups in total. The summed E-state index contributed by atoms with van der Waals surface area (Å²) >= 11 is 0. The van der Waals surface area contributed by atoms with Gasteiger partial charge in [0, 0.05) is 23.4 Å². The van der Waals surface area contributed by atoms with Crippen molar-refractivity contribution in [2.75, 3.05) is 0 Å². The summed E-state index contributed by atoms with van der Waals surface area (Å²) in [4.78, 5) is 23.4. The second-order valence-corrected chi connectivity index (χ2v) is 6.70. The predicted molar refractivity (Wildman–Crippen MR) is 85.6 cm³/mol. The molecule has 0 amide bonds. The Bertz CT molecular complexity index is 816. The molecule has 0 saturated heterocycles. The van der Waals surface area contributed by atoms with Crippen LogP contribution in [0.2, 0.25) is 0 Å². The standard InChI is InChI=1S/C18H20O5/c1-10(2)17(20)23-18(3,4)14-9-12-13(21-14)7-5-11-6-8-15(19)22-16(11)12/h5-8,10,14H,9H2,1-4H3/t14-/m1/s1. The summed E-state index contributed by atoms with van der Waals surface area (Å²) < 4.78 is 16.9. The normalized spacial score (nSPS) is 17.2. The Labute approximate surface area is 134 Å². The third-order valence-electron chi connectivity index (χ3n) is 4.12. The lowest BCUT2D eigenvalue weighted by Gasteiger charge is -2.31. The van der Waals surface area contributed by atoms with Crippen LogP contribution in [-0.2, 0) is 16.0 Å². The average Bonchev–Trinajstić information content (AvgIpc) is 2.92. The number of hydrogen-bond acceptors (Lipinski definition) is 5. The molecule has 1 aromatic heterocycles. The number of carbonyl (C=O) groups excluding carboxylic acids is 1. The first-order chi connectivity index (χ1) is 10.8. The number of ether oxygens (including phenoxy) is 2. The van der Waals surface area contributed by atoms with E-state index in [2.05, 4.69) is 0 Å². The lowest BCUT2D eigenvalue weighted by atomic mass is 9.96. The van der Waals surface area contributed by atoms with Crippen molar-refractivity contribution >= 4 is 16.9 Å². The molecular weight excluding hydrogens is 296 g/mol. The Morgan fingerprint density at radius 3 is 2.65 bits per heavy atom. The molecule has 1 atom stereocenters. The second-order valence-electron chi connectivity index (χ2n) is 6.70. The van der Waals surface area contributed by atoms with Gasteiger partial charge in [-0.2, -0.15) is 0 Å². The molecule has 3 rings (SSSR count). The van der Waals surface area contributed by atoms with Crippen LogP contribution < -0.4 is 10.4 Å². The molecule has 0 radical (unpaired) electrons. The maximum Gasteiger partial charge on any atom is 0.336 e. The van der Waals surface area contributed by atoms with Crippen molar-refractivity contribution in [3.05, 3.63) is 40.2 Å². The van der Waals surface area contributed by atoms with Crippen LogP contribution in [0.25, 0.3) is 11.0 Å². The van der Waals surface area contributed by atoms with Crippen molar-refractivity contribution in [3.8, 4) is 5.75 Å². The quantitative estimate of drug-likeness (QED) is 0.643. The number of carbonyl (C=O) groups is 1. The first kappa shape index (κ1) is 15.6. The van der Waals surface area contributed by atoms with E-state index < -0.39 is 5.60 Å². The first-order valence-corrected chi connectivity index (χ1v) is 7.73. The molecule has 23 heavy (non-hydrogen) atoms. The van der Waals surface area contributed by atoms with Crippen LogP contribution in [0.3, 0.4) is 0 Å². The van der Waals surface area contributed by atoms with Gasteiger partial charge < -0.3 is 13.9 Å². The van der Waals surface area contributed by atoms with E-state index in [0.717, 1.165) is 10.9 Å². The first-order valence-electron chi connectivity index (χ1n) is 7.73. The smallest absolute Gasteiger partial charge is 0.336 e. The Kier molecular flexibility index (Phi) is 3.66. The van der Waals surface area contributed by atoms with Gasteiger partial charge in [0.25, 0.3) is 0 Å². The summed E-state index contributed by atoms with van der Waals surface area (Å²) in [5, 5.41) is 0.851. The van der Waals surface area contributed by atoms with E-state index in [1.807, 2.05) is 26.0 Å². The lowest BCUT2D eigenvalue weighted by molar-refractivity contribution is -0.168. The third-order valence-corrected chi connectivity index (χ3v) is 4.12. The molecule has 0 aliphatic carbocycles. The lowest BCUT2D eigenvalue weighted by Crippen LogP contribution is -2.44. The molecule has 1 aromatic carbocycles. The fraction of sp³-hybridized carbons (Fsp3) is 0.444. The molecule has 122 valence electrons. The zero-order valence-corrected chi connectivity index (χ0v) is 13.7. The Morgan fingerprint density at radius 2 is 1.96 bits per heavy atom. The zero-order valence-electron chi connectivity index (χ0n) is 13.7. The van der Waals surface area contributed by atoms with Crippen LogP contribution in [0.4, 0.5) is 0 Å². The highest BCUT2D eigenvalue weighted by Gasteiger charge is 2.41. The van der Waals surface area contributed by atoms with E-state index in [1.54, 1.807) is 19.9 Å². The number of hydrogen-bond donors (Lipinski definition) is 0. The number of rotatable bonds is 3. The highest BCUT2D eigenvalue weighted by Crippen LogP contribution is 2.38. The summed E-state index contributed by atoms with van der Waals surface area (Å²) in [6.45, 7) is 7.26. The largest absolute Gasteiger partial charge is 0.485 e. The molecule has 2 aromatic rings.